The minimum absolute atomic E-state index is 0.215. The number of carbonyl (C=O) groups excluding carboxylic acids is 4. The maximum atomic E-state index is 13.2. The van der Waals surface area contributed by atoms with Crippen LogP contribution in [0, 0.1) is 0 Å². The molecule has 0 aromatic heterocycles. The Morgan fingerprint density at radius 3 is 2.50 bits per heavy atom. The lowest BCUT2D eigenvalue weighted by molar-refractivity contribution is -0.147. The van der Waals surface area contributed by atoms with Gasteiger partial charge in [0.25, 0.3) is 17.7 Å². The van der Waals surface area contributed by atoms with E-state index in [0.717, 1.165) is 25.7 Å². The van der Waals surface area contributed by atoms with Gasteiger partial charge in [-0.1, -0.05) is 38.3 Å². The van der Waals surface area contributed by atoms with E-state index >= 15 is 0 Å². The first kappa shape index (κ1) is 25.2. The molecule has 2 aliphatic rings. The zero-order chi connectivity index (χ0) is 25.5. The standard InChI is InChI=1S/C27H31N3O6/c1-2-3-16-35-20-12-10-19(11-13-20)25(33)28-17-24(32)36-18-23(31)30-22-9-5-4-8-21(22)29-26(34)27(30)14-6-7-15-27/h4-5,8-13H,2-3,6-7,14-18H2,1H3,(H,28,33)(H,29,34). The molecule has 2 N–H and O–H groups in total. The van der Waals surface area contributed by atoms with Gasteiger partial charge in [0.15, 0.2) is 6.61 Å². The fraction of sp³-hybridized carbons (Fsp3) is 0.407. The maximum Gasteiger partial charge on any atom is 0.325 e. The Hall–Kier alpha value is -3.88. The molecular weight excluding hydrogens is 462 g/mol. The Bertz CT molecular complexity index is 1120. The lowest BCUT2D eigenvalue weighted by Crippen LogP contribution is -2.61. The molecule has 4 rings (SSSR count). The molecule has 1 aliphatic carbocycles. The number of hydrogen-bond donors (Lipinski definition) is 2. The summed E-state index contributed by atoms with van der Waals surface area (Å²) in [6.07, 6.45) is 4.74. The van der Waals surface area contributed by atoms with Crippen LogP contribution >= 0.6 is 0 Å². The summed E-state index contributed by atoms with van der Waals surface area (Å²) in [5.41, 5.74) is 0.545. The molecule has 0 saturated heterocycles. The maximum absolute atomic E-state index is 13.2. The van der Waals surface area contributed by atoms with Crippen molar-refractivity contribution < 1.29 is 28.7 Å². The van der Waals surface area contributed by atoms with E-state index in [1.54, 1.807) is 48.5 Å². The molecule has 36 heavy (non-hydrogen) atoms. The number of nitrogens with one attached hydrogen (secondary N) is 2. The van der Waals surface area contributed by atoms with Crippen molar-refractivity contribution in [2.45, 2.75) is 51.0 Å². The number of ether oxygens (including phenoxy) is 2. The number of esters is 1. The second-order valence-corrected chi connectivity index (χ2v) is 9.01. The van der Waals surface area contributed by atoms with Crippen LogP contribution in [0.15, 0.2) is 48.5 Å². The molecule has 2 aromatic rings. The topological polar surface area (TPSA) is 114 Å². The summed E-state index contributed by atoms with van der Waals surface area (Å²) in [7, 11) is 0. The lowest BCUT2D eigenvalue weighted by atomic mass is 9.90. The second-order valence-electron chi connectivity index (χ2n) is 9.01. The van der Waals surface area contributed by atoms with Crippen LogP contribution in [0.25, 0.3) is 0 Å². The number of carbonyl (C=O) groups is 4. The number of nitrogens with zero attached hydrogens (tertiary/aromatic N) is 1. The average Bonchev–Trinajstić information content (AvgIpc) is 3.37. The van der Waals surface area contributed by atoms with E-state index in [9.17, 15) is 19.2 Å². The van der Waals surface area contributed by atoms with Gasteiger partial charge in [-0.2, -0.15) is 0 Å². The zero-order valence-corrected chi connectivity index (χ0v) is 20.4. The van der Waals surface area contributed by atoms with Crippen molar-refractivity contribution in [3.63, 3.8) is 0 Å². The first-order chi connectivity index (χ1) is 17.4. The van der Waals surface area contributed by atoms with Crippen LogP contribution in [0.2, 0.25) is 0 Å². The Kier molecular flexibility index (Phi) is 7.87. The van der Waals surface area contributed by atoms with Crippen molar-refractivity contribution in [1.82, 2.24) is 5.32 Å². The number of unbranched alkanes of at least 4 members (excludes halogenated alkanes) is 1. The van der Waals surface area contributed by atoms with Crippen LogP contribution in [-0.2, 0) is 19.1 Å². The number of benzene rings is 2. The van der Waals surface area contributed by atoms with Gasteiger partial charge in [-0.05, 0) is 55.7 Å². The minimum atomic E-state index is -0.974. The summed E-state index contributed by atoms with van der Waals surface area (Å²) in [6.45, 7) is 1.78. The molecule has 9 heteroatoms. The van der Waals surface area contributed by atoms with E-state index in [-0.39, 0.29) is 12.5 Å². The van der Waals surface area contributed by atoms with Gasteiger partial charge in [0, 0.05) is 5.56 Å². The van der Waals surface area contributed by atoms with Gasteiger partial charge in [-0.15, -0.1) is 0 Å². The number of hydrogen-bond acceptors (Lipinski definition) is 6. The quantitative estimate of drug-likeness (QED) is 0.409. The summed E-state index contributed by atoms with van der Waals surface area (Å²) in [4.78, 5) is 52.3. The van der Waals surface area contributed by atoms with Crippen molar-refractivity contribution in [3.05, 3.63) is 54.1 Å². The highest BCUT2D eigenvalue weighted by Crippen LogP contribution is 2.45. The zero-order valence-electron chi connectivity index (χ0n) is 20.4. The van der Waals surface area contributed by atoms with Gasteiger partial charge in [0.2, 0.25) is 0 Å². The van der Waals surface area contributed by atoms with Crippen molar-refractivity contribution in [1.29, 1.82) is 0 Å². The fourth-order valence-electron chi connectivity index (χ4n) is 4.68. The first-order valence-corrected chi connectivity index (χ1v) is 12.3. The van der Waals surface area contributed by atoms with Crippen LogP contribution in [0.4, 0.5) is 11.4 Å². The summed E-state index contributed by atoms with van der Waals surface area (Å²) in [6, 6.07) is 13.7. The van der Waals surface area contributed by atoms with Crippen LogP contribution in [0.1, 0.15) is 55.8 Å². The average molecular weight is 494 g/mol. The molecule has 0 atom stereocenters. The van der Waals surface area contributed by atoms with E-state index < -0.39 is 29.9 Å². The predicted octanol–water partition coefficient (Wildman–Crippen LogP) is 3.44. The highest BCUT2D eigenvalue weighted by Gasteiger charge is 2.52. The van der Waals surface area contributed by atoms with Crippen molar-refractivity contribution in [2.24, 2.45) is 0 Å². The number of anilines is 2. The SMILES string of the molecule is CCCCOc1ccc(C(=O)NCC(=O)OCC(=O)N2c3ccccc3NC(=O)C23CCCC3)cc1. The molecule has 3 amide bonds. The lowest BCUT2D eigenvalue weighted by Gasteiger charge is -2.44. The van der Waals surface area contributed by atoms with Crippen LogP contribution in [0.5, 0.6) is 5.75 Å². The van der Waals surface area contributed by atoms with Crippen LogP contribution in [0.3, 0.4) is 0 Å². The summed E-state index contributed by atoms with van der Waals surface area (Å²) in [5.74, 6) is -1.20. The third-order valence-electron chi connectivity index (χ3n) is 6.56. The van der Waals surface area contributed by atoms with Gasteiger partial charge in [0.05, 0.1) is 18.0 Å². The Balaban J connectivity index is 1.32. The first-order valence-electron chi connectivity index (χ1n) is 12.3. The van der Waals surface area contributed by atoms with Crippen LogP contribution < -0.4 is 20.3 Å². The highest BCUT2D eigenvalue weighted by atomic mass is 16.5. The molecule has 1 heterocycles. The third-order valence-corrected chi connectivity index (χ3v) is 6.56. The van der Waals surface area contributed by atoms with Gasteiger partial charge < -0.3 is 20.1 Å². The molecule has 1 saturated carbocycles. The van der Waals surface area contributed by atoms with Gasteiger partial charge in [0.1, 0.15) is 17.8 Å². The van der Waals surface area contributed by atoms with Crippen molar-refractivity contribution >= 4 is 35.1 Å². The molecule has 1 fully saturated rings. The third kappa shape index (κ3) is 5.35. The smallest absolute Gasteiger partial charge is 0.325 e. The molecule has 2 aromatic carbocycles. The number of para-hydroxylation sites is 2. The van der Waals surface area contributed by atoms with E-state index in [2.05, 4.69) is 17.6 Å². The number of fused-ring (bicyclic) bond motifs is 1. The monoisotopic (exact) mass is 493 g/mol. The van der Waals surface area contributed by atoms with Crippen molar-refractivity contribution in [3.8, 4) is 5.75 Å². The molecule has 0 unspecified atom stereocenters. The fourth-order valence-corrected chi connectivity index (χ4v) is 4.68. The van der Waals surface area contributed by atoms with Gasteiger partial charge in [-0.3, -0.25) is 24.1 Å². The van der Waals surface area contributed by atoms with E-state index in [1.165, 1.54) is 4.90 Å². The molecule has 0 bridgehead atoms. The summed E-state index contributed by atoms with van der Waals surface area (Å²) in [5, 5.41) is 5.41. The van der Waals surface area contributed by atoms with E-state index in [0.29, 0.717) is 42.1 Å². The Labute approximate surface area is 210 Å². The van der Waals surface area contributed by atoms with Gasteiger partial charge >= 0.3 is 5.97 Å². The minimum Gasteiger partial charge on any atom is -0.494 e. The number of rotatable bonds is 9. The van der Waals surface area contributed by atoms with Crippen LogP contribution in [-0.4, -0.2) is 49.0 Å². The second kappa shape index (κ2) is 11.2. The highest BCUT2D eigenvalue weighted by molar-refractivity contribution is 6.15. The molecule has 0 radical (unpaired) electrons. The predicted molar refractivity (Wildman–Crippen MR) is 134 cm³/mol. The summed E-state index contributed by atoms with van der Waals surface area (Å²) >= 11 is 0. The molecule has 1 spiro atoms. The van der Waals surface area contributed by atoms with E-state index in [4.69, 9.17) is 9.47 Å². The molecule has 9 nitrogen and oxygen atoms in total. The normalized spacial score (nSPS) is 15.7. The Morgan fingerprint density at radius 1 is 1.06 bits per heavy atom. The van der Waals surface area contributed by atoms with Gasteiger partial charge in [-0.25, -0.2) is 0 Å². The molecule has 1 aliphatic heterocycles. The molecule has 190 valence electrons. The van der Waals surface area contributed by atoms with E-state index in [1.807, 2.05) is 0 Å². The largest absolute Gasteiger partial charge is 0.494 e. The molecular formula is C27H31N3O6. The van der Waals surface area contributed by atoms with Crippen molar-refractivity contribution in [2.75, 3.05) is 30.0 Å². The Morgan fingerprint density at radius 2 is 1.78 bits per heavy atom. The number of amides is 3. The summed E-state index contributed by atoms with van der Waals surface area (Å²) < 4.78 is 10.8.